The molecule has 0 aromatic heterocycles. The fraction of sp³-hybridized carbons (Fsp3) is 0.235. The molecule has 2 aromatic rings. The van der Waals surface area contributed by atoms with E-state index in [0.717, 1.165) is 17.4 Å². The van der Waals surface area contributed by atoms with Crippen molar-refractivity contribution < 1.29 is 4.79 Å². The molecule has 0 aliphatic rings. The Bertz CT molecular complexity index is 581. The van der Waals surface area contributed by atoms with E-state index < -0.39 is 0 Å². The highest BCUT2D eigenvalue weighted by Crippen LogP contribution is 2.18. The zero-order valence-corrected chi connectivity index (χ0v) is 11.2. The van der Waals surface area contributed by atoms with Crippen molar-refractivity contribution in [2.24, 2.45) is 0 Å². The summed E-state index contributed by atoms with van der Waals surface area (Å²) in [5, 5.41) is 5.28. The third-order valence-electron chi connectivity index (χ3n) is 3.10. The van der Waals surface area contributed by atoms with Crippen LogP contribution in [0.1, 0.15) is 18.9 Å². The van der Waals surface area contributed by atoms with Gasteiger partial charge in [0.1, 0.15) is 0 Å². The van der Waals surface area contributed by atoms with Crippen molar-refractivity contribution in [3.63, 3.8) is 0 Å². The Balaban J connectivity index is 2.03. The summed E-state index contributed by atoms with van der Waals surface area (Å²) in [6.45, 7) is 2.69. The molecule has 0 saturated carbocycles. The van der Waals surface area contributed by atoms with Gasteiger partial charge in [-0.3, -0.25) is 4.79 Å². The van der Waals surface area contributed by atoms with E-state index >= 15 is 0 Å². The quantitative estimate of drug-likeness (QED) is 0.641. The predicted molar refractivity (Wildman–Crippen MR) is 80.1 cm³/mol. The molecule has 0 spiro atoms. The lowest BCUT2D eigenvalue weighted by molar-refractivity contribution is -0.120. The number of nitrogens with one attached hydrogen (secondary N) is 1. The molecule has 2 rings (SSSR count). The zero-order chi connectivity index (χ0) is 13.5. The first kappa shape index (κ1) is 13.3. The number of fused-ring (bicyclic) bond motifs is 1. The predicted octanol–water partition coefficient (Wildman–Crippen LogP) is 3.46. The molecule has 2 heteroatoms. The molecule has 0 aliphatic carbocycles. The topological polar surface area (TPSA) is 29.1 Å². The molecule has 98 valence electrons. The fourth-order valence-electron chi connectivity index (χ4n) is 2.14. The summed E-state index contributed by atoms with van der Waals surface area (Å²) < 4.78 is 0. The molecule has 0 atom stereocenters. The number of hydrogen-bond donors (Lipinski definition) is 1. The third kappa shape index (κ3) is 3.68. The van der Waals surface area contributed by atoms with E-state index in [2.05, 4.69) is 29.6 Å². The van der Waals surface area contributed by atoms with Crippen molar-refractivity contribution in [1.29, 1.82) is 0 Å². The average Bonchev–Trinajstić information content (AvgIpc) is 2.44. The highest BCUT2D eigenvalue weighted by Gasteiger charge is 2.05. The normalized spacial score (nSPS) is 11.0. The largest absolute Gasteiger partial charge is 0.356 e. The second kappa shape index (κ2) is 6.74. The molecule has 1 N–H and O–H groups in total. The number of carbonyl (C=O) groups excluding carboxylic acids is 1. The fourth-order valence-corrected chi connectivity index (χ4v) is 2.14. The van der Waals surface area contributed by atoms with Crippen LogP contribution in [0.2, 0.25) is 0 Å². The molecule has 0 fully saturated rings. The molecule has 2 nitrogen and oxygen atoms in total. The first-order valence-corrected chi connectivity index (χ1v) is 6.66. The summed E-state index contributed by atoms with van der Waals surface area (Å²) in [7, 11) is 0. The molecule has 0 saturated heterocycles. The third-order valence-corrected chi connectivity index (χ3v) is 3.10. The molecule has 0 radical (unpaired) electrons. The van der Waals surface area contributed by atoms with Gasteiger partial charge in [-0.15, -0.1) is 0 Å². The van der Waals surface area contributed by atoms with Crippen LogP contribution in [0, 0.1) is 0 Å². The maximum absolute atomic E-state index is 11.9. The molecule has 19 heavy (non-hydrogen) atoms. The maximum atomic E-state index is 11.9. The van der Waals surface area contributed by atoms with Crippen LogP contribution in [0.3, 0.4) is 0 Å². The lowest BCUT2D eigenvalue weighted by atomic mass is 10.0. The van der Waals surface area contributed by atoms with Gasteiger partial charge in [-0.25, -0.2) is 0 Å². The number of benzene rings is 2. The maximum Gasteiger partial charge on any atom is 0.224 e. The van der Waals surface area contributed by atoms with Gasteiger partial charge in [0.05, 0.1) is 6.42 Å². The van der Waals surface area contributed by atoms with Gasteiger partial charge >= 0.3 is 0 Å². The minimum absolute atomic E-state index is 0.0841. The number of carbonyl (C=O) groups is 1. The Morgan fingerprint density at radius 1 is 1.16 bits per heavy atom. The SMILES string of the molecule is C/C=C/CCNC(=O)Cc1cccc2ccccc12. The Hall–Kier alpha value is -2.09. The number of allylic oxidation sites excluding steroid dienone is 1. The van der Waals surface area contributed by atoms with Crippen LogP contribution < -0.4 is 5.32 Å². The van der Waals surface area contributed by atoms with E-state index in [1.165, 1.54) is 5.39 Å². The van der Waals surface area contributed by atoms with Gasteiger partial charge < -0.3 is 5.32 Å². The van der Waals surface area contributed by atoms with E-state index in [1.54, 1.807) is 0 Å². The number of hydrogen-bond acceptors (Lipinski definition) is 1. The van der Waals surface area contributed by atoms with Crippen LogP contribution >= 0.6 is 0 Å². The minimum Gasteiger partial charge on any atom is -0.356 e. The Kier molecular flexibility index (Phi) is 4.73. The van der Waals surface area contributed by atoms with E-state index in [9.17, 15) is 4.79 Å². The summed E-state index contributed by atoms with van der Waals surface area (Å²) in [5.74, 6) is 0.0841. The monoisotopic (exact) mass is 253 g/mol. The van der Waals surface area contributed by atoms with Gasteiger partial charge in [0.25, 0.3) is 0 Å². The van der Waals surface area contributed by atoms with Crippen LogP contribution in [-0.4, -0.2) is 12.5 Å². The molecule has 0 heterocycles. The minimum atomic E-state index is 0.0841. The van der Waals surface area contributed by atoms with Crippen molar-refractivity contribution in [1.82, 2.24) is 5.32 Å². The lowest BCUT2D eigenvalue weighted by Crippen LogP contribution is -2.25. The van der Waals surface area contributed by atoms with Crippen LogP contribution in [0.5, 0.6) is 0 Å². The van der Waals surface area contributed by atoms with Crippen LogP contribution in [-0.2, 0) is 11.2 Å². The lowest BCUT2D eigenvalue weighted by Gasteiger charge is -2.07. The highest BCUT2D eigenvalue weighted by molar-refractivity contribution is 5.90. The summed E-state index contributed by atoms with van der Waals surface area (Å²) in [5.41, 5.74) is 1.08. The Morgan fingerprint density at radius 3 is 2.79 bits per heavy atom. The van der Waals surface area contributed by atoms with Crippen LogP contribution in [0.15, 0.2) is 54.6 Å². The summed E-state index contributed by atoms with van der Waals surface area (Å²) in [6, 6.07) is 14.3. The standard InChI is InChI=1S/C17H19NO/c1-2-3-6-12-18-17(19)13-15-10-7-9-14-8-4-5-11-16(14)15/h2-5,7-11H,6,12-13H2,1H3,(H,18,19)/b3-2+. The van der Waals surface area contributed by atoms with E-state index in [-0.39, 0.29) is 5.91 Å². The van der Waals surface area contributed by atoms with E-state index in [0.29, 0.717) is 13.0 Å². The van der Waals surface area contributed by atoms with Gasteiger partial charge in [0, 0.05) is 6.54 Å². The molecule has 0 unspecified atom stereocenters. The second-order valence-electron chi connectivity index (χ2n) is 4.52. The second-order valence-corrected chi connectivity index (χ2v) is 4.52. The smallest absolute Gasteiger partial charge is 0.224 e. The van der Waals surface area contributed by atoms with E-state index in [4.69, 9.17) is 0 Å². The molecular weight excluding hydrogens is 234 g/mol. The summed E-state index contributed by atoms with van der Waals surface area (Å²) in [4.78, 5) is 11.9. The number of rotatable bonds is 5. The van der Waals surface area contributed by atoms with Gasteiger partial charge in [0.15, 0.2) is 0 Å². The highest BCUT2D eigenvalue weighted by atomic mass is 16.1. The van der Waals surface area contributed by atoms with Crippen molar-refractivity contribution in [3.05, 3.63) is 60.2 Å². The van der Waals surface area contributed by atoms with Crippen LogP contribution in [0.25, 0.3) is 10.8 Å². The number of amides is 1. The molecular formula is C17H19NO. The van der Waals surface area contributed by atoms with Crippen molar-refractivity contribution >= 4 is 16.7 Å². The summed E-state index contributed by atoms with van der Waals surface area (Å²) >= 11 is 0. The first-order valence-electron chi connectivity index (χ1n) is 6.66. The van der Waals surface area contributed by atoms with E-state index in [1.807, 2.05) is 37.3 Å². The molecule has 2 aromatic carbocycles. The van der Waals surface area contributed by atoms with Crippen molar-refractivity contribution in [2.75, 3.05) is 6.54 Å². The Labute approximate surface area is 114 Å². The molecule has 1 amide bonds. The van der Waals surface area contributed by atoms with Crippen LogP contribution in [0.4, 0.5) is 0 Å². The Morgan fingerprint density at radius 2 is 1.95 bits per heavy atom. The van der Waals surface area contributed by atoms with Crippen molar-refractivity contribution in [3.8, 4) is 0 Å². The van der Waals surface area contributed by atoms with Gasteiger partial charge in [0.2, 0.25) is 5.91 Å². The van der Waals surface area contributed by atoms with Gasteiger partial charge in [-0.2, -0.15) is 0 Å². The summed E-state index contributed by atoms with van der Waals surface area (Å²) in [6.07, 6.45) is 5.38. The molecule has 0 bridgehead atoms. The van der Waals surface area contributed by atoms with Gasteiger partial charge in [-0.1, -0.05) is 54.6 Å². The first-order chi connectivity index (χ1) is 9.31. The average molecular weight is 253 g/mol. The van der Waals surface area contributed by atoms with Gasteiger partial charge in [-0.05, 0) is 29.7 Å². The van der Waals surface area contributed by atoms with Crippen molar-refractivity contribution in [2.45, 2.75) is 19.8 Å². The zero-order valence-electron chi connectivity index (χ0n) is 11.2. The molecule has 0 aliphatic heterocycles.